The van der Waals surface area contributed by atoms with E-state index >= 15 is 0 Å². The van der Waals surface area contributed by atoms with E-state index in [0.717, 1.165) is 38.9 Å². The Balaban J connectivity index is 2.02. The van der Waals surface area contributed by atoms with Crippen molar-refractivity contribution in [1.82, 2.24) is 9.21 Å². The molecule has 2 rings (SSSR count). The molecule has 82 valence electrons. The molecule has 0 N–H and O–H groups in total. The minimum absolute atomic E-state index is 0.237. The van der Waals surface area contributed by atoms with Crippen molar-refractivity contribution in [2.75, 3.05) is 25.4 Å². The van der Waals surface area contributed by atoms with Crippen molar-refractivity contribution in [3.05, 3.63) is 7.05 Å². The lowest BCUT2D eigenvalue weighted by atomic mass is 10.1. The molecule has 2 aliphatic rings. The van der Waals surface area contributed by atoms with Gasteiger partial charge in [0.2, 0.25) is 10.0 Å². The lowest BCUT2D eigenvalue weighted by Crippen LogP contribution is -2.43. The molecule has 0 spiro atoms. The van der Waals surface area contributed by atoms with E-state index < -0.39 is 10.0 Å². The van der Waals surface area contributed by atoms with E-state index in [9.17, 15) is 8.42 Å². The minimum Gasteiger partial charge on any atom is -0.459 e. The van der Waals surface area contributed by atoms with Crippen molar-refractivity contribution >= 4 is 10.0 Å². The molecule has 0 bridgehead atoms. The van der Waals surface area contributed by atoms with Gasteiger partial charge in [-0.2, -0.15) is 4.31 Å². The number of sulfonamides is 1. The van der Waals surface area contributed by atoms with Crippen molar-refractivity contribution < 1.29 is 8.42 Å². The molecule has 0 aliphatic carbocycles. The predicted octanol–water partition coefficient (Wildman–Crippen LogP) is 0.278. The maximum absolute atomic E-state index is 11.6. The van der Waals surface area contributed by atoms with Crippen LogP contribution in [0.5, 0.6) is 0 Å². The lowest BCUT2D eigenvalue weighted by molar-refractivity contribution is 0.203. The molecule has 0 saturated carbocycles. The fourth-order valence-electron chi connectivity index (χ4n) is 2.28. The maximum atomic E-state index is 11.6. The van der Waals surface area contributed by atoms with Gasteiger partial charge in [0, 0.05) is 12.6 Å². The molecule has 2 heterocycles. The Morgan fingerprint density at radius 3 is 2.29 bits per heavy atom. The number of rotatable bonds is 1. The first-order chi connectivity index (χ1) is 6.59. The third-order valence-electron chi connectivity index (χ3n) is 3.10. The summed E-state index contributed by atoms with van der Waals surface area (Å²) < 4.78 is 25.0. The second-order valence-corrected chi connectivity index (χ2v) is 6.17. The summed E-state index contributed by atoms with van der Waals surface area (Å²) in [6.07, 6.45) is 2.67. The topological polar surface area (TPSA) is 40.6 Å². The highest BCUT2D eigenvalue weighted by molar-refractivity contribution is 7.89. The number of likely N-dealkylation sites (tertiary alicyclic amines) is 1. The Hall–Kier alpha value is -0.130. The van der Waals surface area contributed by atoms with Gasteiger partial charge in [0.25, 0.3) is 0 Å². The normalized spacial score (nSPS) is 30.9. The average Bonchev–Trinajstić information content (AvgIpc) is 2.47. The van der Waals surface area contributed by atoms with Gasteiger partial charge in [-0.15, -0.1) is 0 Å². The fraction of sp³-hybridized carbons (Fsp3) is 0.889. The van der Waals surface area contributed by atoms with Crippen LogP contribution in [0.2, 0.25) is 0 Å². The highest BCUT2D eigenvalue weighted by atomic mass is 32.2. The van der Waals surface area contributed by atoms with Crippen LogP contribution < -0.4 is 0 Å². The summed E-state index contributed by atoms with van der Waals surface area (Å²) >= 11 is 0. The summed E-state index contributed by atoms with van der Waals surface area (Å²) in [6, 6.07) is 0.237. The van der Waals surface area contributed by atoms with Gasteiger partial charge >= 0.3 is 0 Å². The van der Waals surface area contributed by atoms with Crippen LogP contribution in [0.15, 0.2) is 0 Å². The largest absolute Gasteiger partial charge is 0.459 e. The molecular formula is C9H17N2O2S-. The fourth-order valence-corrected chi connectivity index (χ4v) is 4.08. The third kappa shape index (κ3) is 1.94. The van der Waals surface area contributed by atoms with E-state index in [1.54, 1.807) is 4.31 Å². The van der Waals surface area contributed by atoms with E-state index in [1.165, 1.54) is 0 Å². The van der Waals surface area contributed by atoms with Crippen molar-refractivity contribution in [3.63, 3.8) is 0 Å². The van der Waals surface area contributed by atoms with Gasteiger partial charge in [-0.25, -0.2) is 8.42 Å². The van der Waals surface area contributed by atoms with Gasteiger partial charge < -0.3 is 4.90 Å². The van der Waals surface area contributed by atoms with E-state index in [-0.39, 0.29) is 6.04 Å². The first-order valence-corrected chi connectivity index (χ1v) is 6.75. The summed E-state index contributed by atoms with van der Waals surface area (Å²) in [6.45, 7) is 2.55. The van der Waals surface area contributed by atoms with E-state index in [1.807, 2.05) is 4.90 Å². The second kappa shape index (κ2) is 3.79. The summed E-state index contributed by atoms with van der Waals surface area (Å²) in [5.41, 5.74) is 0. The zero-order chi connectivity index (χ0) is 10.2. The van der Waals surface area contributed by atoms with Crippen molar-refractivity contribution in [2.24, 2.45) is 0 Å². The summed E-state index contributed by atoms with van der Waals surface area (Å²) in [7, 11) is 0.950. The van der Waals surface area contributed by atoms with Crippen LogP contribution in [-0.4, -0.2) is 49.1 Å². The molecule has 2 saturated heterocycles. The zero-order valence-electron chi connectivity index (χ0n) is 8.35. The molecular weight excluding hydrogens is 200 g/mol. The SMILES string of the molecule is [CH2-]N1CCC(N2CCCS2(=O)=O)CC1. The zero-order valence-corrected chi connectivity index (χ0v) is 9.17. The molecule has 0 aromatic heterocycles. The molecule has 0 unspecified atom stereocenters. The quantitative estimate of drug-likeness (QED) is 0.592. The number of nitrogens with zero attached hydrogens (tertiary/aromatic N) is 2. The van der Waals surface area contributed by atoms with Crippen molar-refractivity contribution in [1.29, 1.82) is 0 Å². The Labute approximate surface area is 85.9 Å². The summed E-state index contributed by atoms with van der Waals surface area (Å²) in [4.78, 5) is 2.01. The highest BCUT2D eigenvalue weighted by Gasteiger charge is 2.34. The maximum Gasteiger partial charge on any atom is 0.214 e. The number of hydrogen-bond acceptors (Lipinski definition) is 3. The average molecular weight is 217 g/mol. The lowest BCUT2D eigenvalue weighted by Gasteiger charge is -2.37. The minimum atomic E-state index is -2.91. The molecule has 0 aromatic rings. The van der Waals surface area contributed by atoms with Crippen molar-refractivity contribution in [2.45, 2.75) is 25.3 Å². The molecule has 0 atom stereocenters. The molecule has 14 heavy (non-hydrogen) atoms. The summed E-state index contributed by atoms with van der Waals surface area (Å²) in [5, 5.41) is 0. The smallest absolute Gasteiger partial charge is 0.214 e. The van der Waals surface area contributed by atoms with Gasteiger partial charge in [-0.05, 0) is 32.4 Å². The van der Waals surface area contributed by atoms with Gasteiger partial charge in [0.05, 0.1) is 5.75 Å². The van der Waals surface area contributed by atoms with Gasteiger partial charge in [0.1, 0.15) is 0 Å². The van der Waals surface area contributed by atoms with Crippen LogP contribution in [0.1, 0.15) is 19.3 Å². The van der Waals surface area contributed by atoms with Crippen molar-refractivity contribution in [3.8, 4) is 0 Å². The van der Waals surface area contributed by atoms with Gasteiger partial charge in [0.15, 0.2) is 0 Å². The Bertz CT molecular complexity index is 294. The van der Waals surface area contributed by atoms with Crippen LogP contribution in [0.25, 0.3) is 0 Å². The molecule has 5 heteroatoms. The Kier molecular flexibility index (Phi) is 2.81. The predicted molar refractivity (Wildman–Crippen MR) is 55.1 cm³/mol. The van der Waals surface area contributed by atoms with E-state index in [4.69, 9.17) is 0 Å². The first-order valence-electron chi connectivity index (χ1n) is 5.14. The molecule has 4 nitrogen and oxygen atoms in total. The van der Waals surface area contributed by atoms with Crippen LogP contribution in [0, 0.1) is 7.05 Å². The Morgan fingerprint density at radius 2 is 1.79 bits per heavy atom. The first kappa shape index (κ1) is 10.4. The van der Waals surface area contributed by atoms with Crippen LogP contribution in [0.4, 0.5) is 0 Å². The third-order valence-corrected chi connectivity index (χ3v) is 5.10. The highest BCUT2D eigenvalue weighted by Crippen LogP contribution is 2.23. The number of hydrogen-bond donors (Lipinski definition) is 0. The van der Waals surface area contributed by atoms with Crippen LogP contribution in [0.3, 0.4) is 0 Å². The molecule has 0 radical (unpaired) electrons. The molecule has 2 fully saturated rings. The summed E-state index contributed by atoms with van der Waals surface area (Å²) in [5.74, 6) is 0.345. The van der Waals surface area contributed by atoms with Gasteiger partial charge in [-0.3, -0.25) is 7.05 Å². The monoisotopic (exact) mass is 217 g/mol. The van der Waals surface area contributed by atoms with Crippen LogP contribution in [-0.2, 0) is 10.0 Å². The Morgan fingerprint density at radius 1 is 1.14 bits per heavy atom. The van der Waals surface area contributed by atoms with Gasteiger partial charge in [-0.1, -0.05) is 0 Å². The van der Waals surface area contributed by atoms with E-state index in [0.29, 0.717) is 5.75 Å². The van der Waals surface area contributed by atoms with E-state index in [2.05, 4.69) is 7.05 Å². The molecule has 0 amide bonds. The second-order valence-electron chi connectivity index (χ2n) is 4.13. The number of piperidine rings is 1. The van der Waals surface area contributed by atoms with Crippen LogP contribution >= 0.6 is 0 Å². The molecule has 0 aromatic carbocycles. The standard InChI is InChI=1S/C9H17N2O2S/c1-10-6-3-9(4-7-10)11-5-2-8-14(11,12)13/h9H,1-8H2/q-1. The molecule has 2 aliphatic heterocycles.